The van der Waals surface area contributed by atoms with Crippen LogP contribution >= 0.6 is 0 Å². The number of benzene rings is 1. The van der Waals surface area contributed by atoms with Crippen molar-refractivity contribution in [2.75, 3.05) is 13.2 Å². The number of hydrogen-bond acceptors (Lipinski definition) is 4. The first-order valence-electron chi connectivity index (χ1n) is 6.79. The molecule has 0 atom stereocenters. The maximum absolute atomic E-state index is 5.70. The fraction of sp³-hybridized carbons (Fsp3) is 0.375. The maximum Gasteiger partial charge on any atom is 0.233 e. The summed E-state index contributed by atoms with van der Waals surface area (Å²) in [5, 5.41) is 8.03. The summed E-state index contributed by atoms with van der Waals surface area (Å²) in [4.78, 5) is 0. The van der Waals surface area contributed by atoms with Crippen LogP contribution in [0, 0.1) is 20.8 Å². The van der Waals surface area contributed by atoms with Crippen LogP contribution in [-0.4, -0.2) is 23.4 Å². The molecule has 0 bridgehead atoms. The quantitative estimate of drug-likeness (QED) is 0.757. The smallest absolute Gasteiger partial charge is 0.233 e. The van der Waals surface area contributed by atoms with E-state index in [4.69, 9.17) is 9.47 Å². The molecule has 0 unspecified atom stereocenters. The fourth-order valence-electron chi connectivity index (χ4n) is 1.73. The molecule has 0 radical (unpaired) electrons. The van der Waals surface area contributed by atoms with E-state index in [-0.39, 0.29) is 0 Å². The Bertz CT molecular complexity index is 570. The maximum atomic E-state index is 5.70. The van der Waals surface area contributed by atoms with Crippen LogP contribution in [0.3, 0.4) is 0 Å². The molecule has 4 heteroatoms. The van der Waals surface area contributed by atoms with Gasteiger partial charge in [-0.05, 0) is 38.0 Å². The second-order valence-corrected chi connectivity index (χ2v) is 4.77. The monoisotopic (exact) mass is 272 g/mol. The third-order valence-electron chi connectivity index (χ3n) is 3.10. The second kappa shape index (κ2) is 6.89. The topological polar surface area (TPSA) is 44.2 Å². The number of rotatable bonds is 6. The molecule has 2 rings (SSSR count). The third-order valence-corrected chi connectivity index (χ3v) is 3.10. The summed E-state index contributed by atoms with van der Waals surface area (Å²) in [5.41, 5.74) is 3.17. The highest BCUT2D eigenvalue weighted by Crippen LogP contribution is 2.16. The minimum absolute atomic E-state index is 0.572. The molecule has 4 nitrogen and oxygen atoms in total. The Hall–Kier alpha value is -2.10. The number of aromatic nitrogens is 2. The lowest BCUT2D eigenvalue weighted by molar-refractivity contribution is 0.240. The molecule has 1 aromatic carbocycles. The van der Waals surface area contributed by atoms with E-state index >= 15 is 0 Å². The molecule has 2 aromatic rings. The summed E-state index contributed by atoms with van der Waals surface area (Å²) in [6.07, 6.45) is 0.808. The molecule has 1 aromatic heterocycles. The molecule has 0 aliphatic heterocycles. The second-order valence-electron chi connectivity index (χ2n) is 4.77. The molecular weight excluding hydrogens is 252 g/mol. The molecule has 1 heterocycles. The summed E-state index contributed by atoms with van der Waals surface area (Å²) in [6.45, 7) is 7.17. The van der Waals surface area contributed by atoms with Gasteiger partial charge in [0.1, 0.15) is 5.75 Å². The fourth-order valence-corrected chi connectivity index (χ4v) is 1.73. The predicted octanol–water partition coefficient (Wildman–Crippen LogP) is 3.25. The van der Waals surface area contributed by atoms with Crippen molar-refractivity contribution in [3.05, 3.63) is 47.2 Å². The first-order valence-corrected chi connectivity index (χ1v) is 6.79. The van der Waals surface area contributed by atoms with Gasteiger partial charge in [-0.2, -0.15) is 5.10 Å². The summed E-state index contributed by atoms with van der Waals surface area (Å²) in [6, 6.07) is 9.90. The Morgan fingerprint density at radius 1 is 0.900 bits per heavy atom. The van der Waals surface area contributed by atoms with Gasteiger partial charge in [-0.25, -0.2) is 0 Å². The van der Waals surface area contributed by atoms with Crippen LogP contribution < -0.4 is 9.47 Å². The minimum Gasteiger partial charge on any atom is -0.493 e. The van der Waals surface area contributed by atoms with Gasteiger partial charge in [-0.3, -0.25) is 0 Å². The zero-order chi connectivity index (χ0) is 14.4. The molecule has 0 saturated heterocycles. The van der Waals surface area contributed by atoms with Crippen LogP contribution in [0.25, 0.3) is 0 Å². The van der Waals surface area contributed by atoms with Gasteiger partial charge in [0, 0.05) is 12.5 Å². The van der Waals surface area contributed by atoms with Crippen LogP contribution in [0.15, 0.2) is 30.3 Å². The van der Waals surface area contributed by atoms with E-state index in [1.54, 1.807) is 0 Å². The highest BCUT2D eigenvalue weighted by Gasteiger charge is 2.01. The normalized spacial score (nSPS) is 10.3. The van der Waals surface area contributed by atoms with Crippen LogP contribution in [0.5, 0.6) is 11.6 Å². The average molecular weight is 272 g/mol. The summed E-state index contributed by atoms with van der Waals surface area (Å²) >= 11 is 0. The van der Waals surface area contributed by atoms with E-state index in [1.165, 1.54) is 0 Å². The number of nitrogens with zero attached hydrogens (tertiary/aromatic N) is 2. The van der Waals surface area contributed by atoms with Gasteiger partial charge in [0.15, 0.2) is 0 Å². The molecular formula is C16H20N2O2. The molecule has 20 heavy (non-hydrogen) atoms. The van der Waals surface area contributed by atoms with Crippen molar-refractivity contribution in [2.24, 2.45) is 0 Å². The van der Waals surface area contributed by atoms with Crippen molar-refractivity contribution in [3.8, 4) is 11.6 Å². The third kappa shape index (κ3) is 3.95. The Labute approximate surface area is 119 Å². The van der Waals surface area contributed by atoms with Gasteiger partial charge >= 0.3 is 0 Å². The van der Waals surface area contributed by atoms with Crippen LogP contribution in [0.1, 0.15) is 23.2 Å². The predicted molar refractivity (Wildman–Crippen MR) is 78.3 cm³/mol. The van der Waals surface area contributed by atoms with E-state index in [0.717, 1.165) is 29.0 Å². The number of hydrogen-bond donors (Lipinski definition) is 0. The molecule has 0 spiro atoms. The lowest BCUT2D eigenvalue weighted by Crippen LogP contribution is -2.07. The van der Waals surface area contributed by atoms with Crippen molar-refractivity contribution in [1.29, 1.82) is 0 Å². The summed E-state index contributed by atoms with van der Waals surface area (Å²) in [7, 11) is 0. The van der Waals surface area contributed by atoms with E-state index in [9.17, 15) is 0 Å². The van der Waals surface area contributed by atoms with Gasteiger partial charge < -0.3 is 9.47 Å². The first kappa shape index (κ1) is 14.3. The van der Waals surface area contributed by atoms with E-state index < -0.39 is 0 Å². The zero-order valence-corrected chi connectivity index (χ0v) is 12.2. The van der Waals surface area contributed by atoms with Crippen LogP contribution in [0.2, 0.25) is 0 Å². The van der Waals surface area contributed by atoms with Gasteiger partial charge in [0.05, 0.1) is 18.9 Å². The van der Waals surface area contributed by atoms with Gasteiger partial charge in [-0.15, -0.1) is 5.10 Å². The van der Waals surface area contributed by atoms with Gasteiger partial charge in [0.25, 0.3) is 0 Å². The van der Waals surface area contributed by atoms with E-state index in [0.29, 0.717) is 19.1 Å². The average Bonchev–Trinajstić information content (AvgIpc) is 2.44. The Balaban J connectivity index is 1.71. The van der Waals surface area contributed by atoms with Gasteiger partial charge in [0.2, 0.25) is 5.88 Å². The summed E-state index contributed by atoms with van der Waals surface area (Å²) < 4.78 is 11.3. The van der Waals surface area contributed by atoms with Crippen molar-refractivity contribution in [2.45, 2.75) is 27.2 Å². The Morgan fingerprint density at radius 2 is 1.65 bits per heavy atom. The molecule has 0 saturated carbocycles. The molecule has 0 aliphatic rings. The van der Waals surface area contributed by atoms with Crippen molar-refractivity contribution in [3.63, 3.8) is 0 Å². The lowest BCUT2D eigenvalue weighted by atomic mass is 10.2. The van der Waals surface area contributed by atoms with Crippen molar-refractivity contribution >= 4 is 0 Å². The molecule has 0 N–H and O–H groups in total. The number of aryl methyl sites for hydroxylation is 3. The van der Waals surface area contributed by atoms with Crippen LogP contribution in [-0.2, 0) is 0 Å². The largest absolute Gasteiger partial charge is 0.493 e. The molecule has 106 valence electrons. The van der Waals surface area contributed by atoms with E-state index in [1.807, 2.05) is 51.1 Å². The minimum atomic E-state index is 0.572. The lowest BCUT2D eigenvalue weighted by Gasteiger charge is -2.09. The first-order chi connectivity index (χ1) is 9.66. The number of ether oxygens (including phenoxy) is 2. The SMILES string of the molecule is Cc1ccccc1OCCCOc1cc(C)c(C)nn1. The van der Waals surface area contributed by atoms with E-state index in [2.05, 4.69) is 10.2 Å². The zero-order valence-electron chi connectivity index (χ0n) is 12.2. The summed E-state index contributed by atoms with van der Waals surface area (Å²) in [5.74, 6) is 1.50. The Kier molecular flexibility index (Phi) is 4.93. The molecule has 0 aliphatic carbocycles. The van der Waals surface area contributed by atoms with Gasteiger partial charge in [-0.1, -0.05) is 18.2 Å². The highest BCUT2D eigenvalue weighted by molar-refractivity contribution is 5.31. The number of para-hydroxylation sites is 1. The molecule has 0 amide bonds. The van der Waals surface area contributed by atoms with Crippen molar-refractivity contribution < 1.29 is 9.47 Å². The standard InChI is InChI=1S/C16H20N2O2/c1-12-7-4-5-8-15(12)19-9-6-10-20-16-11-13(2)14(3)17-18-16/h4-5,7-8,11H,6,9-10H2,1-3H3. The Morgan fingerprint density at radius 3 is 2.40 bits per heavy atom. The van der Waals surface area contributed by atoms with Crippen LogP contribution in [0.4, 0.5) is 0 Å². The molecule has 0 fully saturated rings. The highest BCUT2D eigenvalue weighted by atomic mass is 16.5. The van der Waals surface area contributed by atoms with Crippen molar-refractivity contribution in [1.82, 2.24) is 10.2 Å².